The highest BCUT2D eigenvalue weighted by Gasteiger charge is 2.24. The monoisotopic (exact) mass is 262 g/mol. The molecule has 2 rings (SSSR count). The molecule has 4 N–H and O–H groups in total. The Balaban J connectivity index is 1.97. The summed E-state index contributed by atoms with van der Waals surface area (Å²) in [6, 6.07) is 5.90. The van der Waals surface area contributed by atoms with E-state index in [2.05, 4.69) is 5.32 Å². The second-order valence-electron chi connectivity index (χ2n) is 5.38. The number of hydrogen-bond donors (Lipinski definition) is 3. The van der Waals surface area contributed by atoms with Crippen LogP contribution in [0.1, 0.15) is 38.2 Å². The number of Topliss-reactive ketones (excluding diaryl/α,β-unsaturated/α-hetero) is 1. The van der Waals surface area contributed by atoms with Gasteiger partial charge in [0, 0.05) is 12.0 Å². The molecule has 4 heteroatoms. The number of ketones is 1. The van der Waals surface area contributed by atoms with Gasteiger partial charge in [0.25, 0.3) is 0 Å². The minimum atomic E-state index is 0.0199. The largest absolute Gasteiger partial charge is 0.397 e. The third-order valence-electron chi connectivity index (χ3n) is 3.96. The molecule has 4 nitrogen and oxygen atoms in total. The van der Waals surface area contributed by atoms with Gasteiger partial charge in [0.1, 0.15) is 5.78 Å². The van der Waals surface area contributed by atoms with Gasteiger partial charge in [0.2, 0.25) is 0 Å². The molecule has 0 atom stereocenters. The van der Waals surface area contributed by atoms with Crippen LogP contribution < -0.4 is 11.1 Å². The van der Waals surface area contributed by atoms with Crippen LogP contribution in [-0.4, -0.2) is 16.9 Å². The molecule has 1 aromatic carbocycles. The summed E-state index contributed by atoms with van der Waals surface area (Å²) in [5.41, 5.74) is 8.38. The van der Waals surface area contributed by atoms with Crippen molar-refractivity contribution >= 4 is 17.2 Å². The van der Waals surface area contributed by atoms with E-state index in [4.69, 9.17) is 10.8 Å². The van der Waals surface area contributed by atoms with Gasteiger partial charge >= 0.3 is 0 Å². The summed E-state index contributed by atoms with van der Waals surface area (Å²) < 4.78 is 0. The van der Waals surface area contributed by atoms with Crippen LogP contribution in [0, 0.1) is 5.92 Å². The van der Waals surface area contributed by atoms with Crippen LogP contribution in [0.25, 0.3) is 0 Å². The van der Waals surface area contributed by atoms with Gasteiger partial charge in [0.15, 0.2) is 0 Å². The molecule has 1 aliphatic carbocycles. The maximum atomic E-state index is 11.3. The maximum Gasteiger partial charge on any atom is 0.132 e. The Bertz CT molecular complexity index is 451. The van der Waals surface area contributed by atoms with Gasteiger partial charge in [-0.05, 0) is 50.3 Å². The molecule has 0 radical (unpaired) electrons. The molecule has 0 amide bonds. The average Bonchev–Trinajstić information content (AvgIpc) is 2.42. The lowest BCUT2D eigenvalue weighted by atomic mass is 9.84. The summed E-state index contributed by atoms with van der Waals surface area (Å²) in [5, 5.41) is 12.6. The van der Waals surface area contributed by atoms with Crippen molar-refractivity contribution in [1.29, 1.82) is 0 Å². The second-order valence-corrected chi connectivity index (χ2v) is 5.38. The third-order valence-corrected chi connectivity index (χ3v) is 3.96. The first kappa shape index (κ1) is 13.9. The summed E-state index contributed by atoms with van der Waals surface area (Å²) in [6.45, 7) is 1.70. The third kappa shape index (κ3) is 3.47. The molecule has 0 saturated heterocycles. The summed E-state index contributed by atoms with van der Waals surface area (Å²) in [4.78, 5) is 11.3. The Morgan fingerprint density at radius 3 is 2.63 bits per heavy atom. The van der Waals surface area contributed by atoms with E-state index in [0.29, 0.717) is 17.5 Å². The van der Waals surface area contributed by atoms with Crippen molar-refractivity contribution < 1.29 is 9.90 Å². The lowest BCUT2D eigenvalue weighted by Crippen LogP contribution is -2.28. The van der Waals surface area contributed by atoms with E-state index in [0.717, 1.165) is 36.9 Å². The van der Waals surface area contributed by atoms with Crippen molar-refractivity contribution in [2.75, 3.05) is 11.1 Å². The first-order chi connectivity index (χ1) is 9.10. The number of nitrogen functional groups attached to an aromatic ring is 1. The molecule has 0 unspecified atom stereocenters. The molecule has 104 valence electrons. The van der Waals surface area contributed by atoms with Crippen LogP contribution in [-0.2, 0) is 11.4 Å². The van der Waals surface area contributed by atoms with Crippen molar-refractivity contribution in [2.45, 2.75) is 45.3 Å². The van der Waals surface area contributed by atoms with Crippen molar-refractivity contribution in [1.82, 2.24) is 0 Å². The SMILES string of the molecule is CC(=O)C1CCC(Nc2cc(CO)ccc2N)CC1. The Hall–Kier alpha value is -1.55. The predicted molar refractivity (Wildman–Crippen MR) is 76.8 cm³/mol. The Morgan fingerprint density at radius 1 is 1.37 bits per heavy atom. The lowest BCUT2D eigenvalue weighted by Gasteiger charge is -2.29. The number of nitrogens with one attached hydrogen (secondary N) is 1. The standard InChI is InChI=1S/C15H22N2O2/c1-10(19)12-3-5-13(6-4-12)17-15-8-11(9-18)2-7-14(15)16/h2,7-8,12-13,17-18H,3-6,9,16H2,1H3. The molecule has 0 bridgehead atoms. The fourth-order valence-electron chi connectivity index (χ4n) is 2.69. The topological polar surface area (TPSA) is 75.3 Å². The first-order valence-electron chi connectivity index (χ1n) is 6.86. The van der Waals surface area contributed by atoms with E-state index in [1.54, 1.807) is 6.92 Å². The van der Waals surface area contributed by atoms with E-state index in [1.165, 1.54) is 0 Å². The molecule has 0 spiro atoms. The van der Waals surface area contributed by atoms with E-state index in [1.807, 2.05) is 18.2 Å². The number of nitrogens with two attached hydrogens (primary N) is 1. The van der Waals surface area contributed by atoms with E-state index in [-0.39, 0.29) is 12.5 Å². The van der Waals surface area contributed by atoms with Gasteiger partial charge < -0.3 is 16.2 Å². The quantitative estimate of drug-likeness (QED) is 0.728. The van der Waals surface area contributed by atoms with Crippen LogP contribution >= 0.6 is 0 Å². The van der Waals surface area contributed by atoms with Crippen LogP contribution in [0.2, 0.25) is 0 Å². The van der Waals surface area contributed by atoms with Crippen molar-refractivity contribution in [2.24, 2.45) is 5.92 Å². The molecule has 1 aromatic rings. The normalized spacial score (nSPS) is 23.1. The predicted octanol–water partition coefficient (Wildman–Crippen LogP) is 2.32. The Kier molecular flexibility index (Phi) is 4.43. The zero-order valence-electron chi connectivity index (χ0n) is 11.4. The molecular weight excluding hydrogens is 240 g/mol. The van der Waals surface area contributed by atoms with Crippen molar-refractivity contribution in [3.05, 3.63) is 23.8 Å². The van der Waals surface area contributed by atoms with Crippen LogP contribution in [0.4, 0.5) is 11.4 Å². The van der Waals surface area contributed by atoms with Gasteiger partial charge in [-0.25, -0.2) is 0 Å². The second kappa shape index (κ2) is 6.06. The highest BCUT2D eigenvalue weighted by Crippen LogP contribution is 2.29. The molecular formula is C15H22N2O2. The van der Waals surface area contributed by atoms with Gasteiger partial charge in [-0.2, -0.15) is 0 Å². The van der Waals surface area contributed by atoms with Crippen LogP contribution in [0.15, 0.2) is 18.2 Å². The number of rotatable bonds is 4. The number of hydrogen-bond acceptors (Lipinski definition) is 4. The van der Waals surface area contributed by atoms with Crippen molar-refractivity contribution in [3.63, 3.8) is 0 Å². The lowest BCUT2D eigenvalue weighted by molar-refractivity contribution is -0.121. The van der Waals surface area contributed by atoms with E-state index >= 15 is 0 Å². The summed E-state index contributed by atoms with van der Waals surface area (Å²) >= 11 is 0. The van der Waals surface area contributed by atoms with Gasteiger partial charge in [-0.1, -0.05) is 6.07 Å². The molecule has 0 aromatic heterocycles. The molecule has 0 aliphatic heterocycles. The number of carbonyl (C=O) groups is 1. The fraction of sp³-hybridized carbons (Fsp3) is 0.533. The molecule has 1 saturated carbocycles. The number of carbonyl (C=O) groups excluding carboxylic acids is 1. The number of aliphatic hydroxyl groups excluding tert-OH is 1. The minimum absolute atomic E-state index is 0.0199. The molecule has 19 heavy (non-hydrogen) atoms. The smallest absolute Gasteiger partial charge is 0.132 e. The van der Waals surface area contributed by atoms with Crippen LogP contribution in [0.5, 0.6) is 0 Å². The number of anilines is 2. The number of benzene rings is 1. The highest BCUT2D eigenvalue weighted by molar-refractivity contribution is 5.78. The first-order valence-corrected chi connectivity index (χ1v) is 6.86. The zero-order valence-corrected chi connectivity index (χ0v) is 11.4. The van der Waals surface area contributed by atoms with Crippen LogP contribution in [0.3, 0.4) is 0 Å². The maximum absolute atomic E-state index is 11.3. The van der Waals surface area contributed by atoms with Gasteiger partial charge in [-0.3, -0.25) is 4.79 Å². The number of aliphatic hydroxyl groups is 1. The van der Waals surface area contributed by atoms with Gasteiger partial charge in [-0.15, -0.1) is 0 Å². The van der Waals surface area contributed by atoms with Crippen molar-refractivity contribution in [3.8, 4) is 0 Å². The van der Waals surface area contributed by atoms with Gasteiger partial charge in [0.05, 0.1) is 18.0 Å². The van der Waals surface area contributed by atoms with E-state index < -0.39 is 0 Å². The summed E-state index contributed by atoms with van der Waals surface area (Å²) in [7, 11) is 0. The molecule has 1 fully saturated rings. The highest BCUT2D eigenvalue weighted by atomic mass is 16.3. The minimum Gasteiger partial charge on any atom is -0.397 e. The fourth-order valence-corrected chi connectivity index (χ4v) is 2.69. The average molecular weight is 262 g/mol. The molecule has 0 heterocycles. The zero-order chi connectivity index (χ0) is 13.8. The summed E-state index contributed by atoms with van der Waals surface area (Å²) in [6.07, 6.45) is 3.89. The Morgan fingerprint density at radius 2 is 2.05 bits per heavy atom. The molecule has 1 aliphatic rings. The Labute approximate surface area is 114 Å². The summed E-state index contributed by atoms with van der Waals surface area (Å²) in [5.74, 6) is 0.541. The van der Waals surface area contributed by atoms with E-state index in [9.17, 15) is 4.79 Å².